The van der Waals surface area contributed by atoms with Crippen LogP contribution in [-0.4, -0.2) is 11.2 Å². The Hall–Kier alpha value is -1.10. The molecule has 0 bridgehead atoms. The first-order chi connectivity index (χ1) is 10.3. The summed E-state index contributed by atoms with van der Waals surface area (Å²) < 4.78 is 5.56. The van der Waals surface area contributed by atoms with E-state index in [2.05, 4.69) is 41.6 Å². The van der Waals surface area contributed by atoms with Gasteiger partial charge >= 0.3 is 0 Å². The molecule has 1 aliphatic carbocycles. The largest absolute Gasteiger partial charge is 0.436 e. The zero-order valence-corrected chi connectivity index (χ0v) is 13.9. The van der Waals surface area contributed by atoms with Crippen LogP contribution < -0.4 is 0 Å². The van der Waals surface area contributed by atoms with Crippen LogP contribution in [0, 0.1) is 0 Å². The van der Waals surface area contributed by atoms with Gasteiger partial charge in [0.15, 0.2) is 11.5 Å². The van der Waals surface area contributed by atoms with Gasteiger partial charge in [0, 0.05) is 15.5 Å². The summed E-state index contributed by atoms with van der Waals surface area (Å²) in [6, 6.07) is 8.37. The maximum Gasteiger partial charge on any atom is 0.193 e. The van der Waals surface area contributed by atoms with Gasteiger partial charge in [0.1, 0.15) is 5.69 Å². The standard InChI is InChI=1S/C16H14ClNOS2/c1-20-13-6-2-11(3-7-13)15-16(19-10-18-15)21-14-8-4-12(17)5-9-14/h2-4,6-8,10H,5,9H2,1H3. The average molecular weight is 336 g/mol. The summed E-state index contributed by atoms with van der Waals surface area (Å²) in [5, 5.41) is 1.74. The Morgan fingerprint density at radius 2 is 1.95 bits per heavy atom. The Labute approximate surface area is 137 Å². The van der Waals surface area contributed by atoms with Gasteiger partial charge in [-0.1, -0.05) is 41.6 Å². The van der Waals surface area contributed by atoms with Crippen molar-refractivity contribution in [3.63, 3.8) is 0 Å². The average Bonchev–Trinajstić information content (AvgIpc) is 2.98. The predicted octanol–water partition coefficient (Wildman–Crippen LogP) is 5.96. The molecule has 0 spiro atoms. The minimum absolute atomic E-state index is 0.838. The van der Waals surface area contributed by atoms with E-state index in [9.17, 15) is 0 Å². The second-order valence-electron chi connectivity index (χ2n) is 4.57. The number of oxazole rings is 1. The first kappa shape index (κ1) is 14.8. The van der Waals surface area contributed by atoms with Crippen LogP contribution in [0.4, 0.5) is 0 Å². The van der Waals surface area contributed by atoms with Crippen molar-refractivity contribution in [1.82, 2.24) is 4.98 Å². The van der Waals surface area contributed by atoms with Crippen LogP contribution in [0.3, 0.4) is 0 Å². The smallest absolute Gasteiger partial charge is 0.193 e. The van der Waals surface area contributed by atoms with Gasteiger partial charge in [0.05, 0.1) is 0 Å². The van der Waals surface area contributed by atoms with E-state index >= 15 is 0 Å². The van der Waals surface area contributed by atoms with E-state index in [1.807, 2.05) is 6.08 Å². The lowest BCUT2D eigenvalue weighted by Gasteiger charge is -2.09. The minimum atomic E-state index is 0.838. The summed E-state index contributed by atoms with van der Waals surface area (Å²) in [5.41, 5.74) is 1.98. The quantitative estimate of drug-likeness (QED) is 0.644. The van der Waals surface area contributed by atoms with Gasteiger partial charge in [-0.15, -0.1) is 11.8 Å². The molecule has 0 radical (unpaired) electrons. The molecule has 1 aromatic heterocycles. The van der Waals surface area contributed by atoms with Gasteiger partial charge in [-0.3, -0.25) is 0 Å². The molecule has 0 saturated carbocycles. The highest BCUT2D eigenvalue weighted by atomic mass is 35.5. The van der Waals surface area contributed by atoms with Gasteiger partial charge in [0.2, 0.25) is 0 Å². The fourth-order valence-electron chi connectivity index (χ4n) is 2.05. The molecular formula is C16H14ClNOS2. The third-order valence-electron chi connectivity index (χ3n) is 3.18. The maximum atomic E-state index is 5.99. The molecule has 0 fully saturated rings. The Morgan fingerprint density at radius 3 is 2.62 bits per heavy atom. The molecule has 1 aliphatic rings. The van der Waals surface area contributed by atoms with Gasteiger partial charge in [-0.2, -0.15) is 0 Å². The molecule has 1 aromatic carbocycles. The molecule has 0 unspecified atom stereocenters. The van der Waals surface area contributed by atoms with Crippen LogP contribution in [0.15, 0.2) is 67.2 Å². The Morgan fingerprint density at radius 1 is 1.14 bits per heavy atom. The molecule has 1 heterocycles. The molecule has 2 nitrogen and oxygen atoms in total. The summed E-state index contributed by atoms with van der Waals surface area (Å²) in [6.07, 6.45) is 9.43. The van der Waals surface area contributed by atoms with Crippen LogP contribution in [-0.2, 0) is 0 Å². The van der Waals surface area contributed by atoms with Gasteiger partial charge in [-0.05, 0) is 42.2 Å². The summed E-state index contributed by atoms with van der Waals surface area (Å²) in [7, 11) is 0. The lowest BCUT2D eigenvalue weighted by Crippen LogP contribution is -1.87. The third kappa shape index (κ3) is 3.57. The number of hydrogen-bond donors (Lipinski definition) is 0. The maximum absolute atomic E-state index is 5.99. The number of allylic oxidation sites excluding steroid dienone is 4. The highest BCUT2D eigenvalue weighted by molar-refractivity contribution is 8.03. The van der Waals surface area contributed by atoms with E-state index < -0.39 is 0 Å². The number of aromatic nitrogens is 1. The molecule has 0 saturated heterocycles. The van der Waals surface area contributed by atoms with Crippen molar-refractivity contribution in [3.05, 3.63) is 52.7 Å². The Kier molecular flexibility index (Phi) is 4.78. The van der Waals surface area contributed by atoms with Crippen LogP contribution in [0.5, 0.6) is 0 Å². The van der Waals surface area contributed by atoms with Gasteiger partial charge in [0.25, 0.3) is 0 Å². The van der Waals surface area contributed by atoms with Crippen molar-refractivity contribution in [3.8, 4) is 11.3 Å². The van der Waals surface area contributed by atoms with Crippen LogP contribution in [0.25, 0.3) is 11.3 Å². The molecule has 2 aromatic rings. The molecule has 0 atom stereocenters. The van der Waals surface area contributed by atoms with E-state index in [0.717, 1.165) is 34.2 Å². The van der Waals surface area contributed by atoms with Crippen LogP contribution in [0.1, 0.15) is 12.8 Å². The fraction of sp³-hybridized carbons (Fsp3) is 0.188. The first-order valence-corrected chi connectivity index (χ1v) is 8.99. The number of halogens is 1. The highest BCUT2D eigenvalue weighted by Gasteiger charge is 2.15. The van der Waals surface area contributed by atoms with Crippen LogP contribution >= 0.6 is 35.1 Å². The van der Waals surface area contributed by atoms with Crippen molar-refractivity contribution < 1.29 is 4.42 Å². The normalized spacial score (nSPS) is 14.8. The van der Waals surface area contributed by atoms with Crippen molar-refractivity contribution in [2.75, 3.05) is 6.26 Å². The SMILES string of the molecule is CSc1ccc(-c2ncoc2SC2=CC=C(Cl)CC2)cc1. The van der Waals surface area contributed by atoms with Crippen LogP contribution in [0.2, 0.25) is 0 Å². The van der Waals surface area contributed by atoms with Gasteiger partial charge < -0.3 is 4.42 Å². The van der Waals surface area contributed by atoms with E-state index in [-0.39, 0.29) is 0 Å². The number of benzene rings is 1. The summed E-state index contributed by atoms with van der Waals surface area (Å²) in [6.45, 7) is 0. The number of thioether (sulfide) groups is 2. The lowest BCUT2D eigenvalue weighted by molar-refractivity contribution is 0.471. The van der Waals surface area contributed by atoms with E-state index in [1.165, 1.54) is 16.2 Å². The van der Waals surface area contributed by atoms with E-state index in [0.29, 0.717) is 0 Å². The second-order valence-corrected chi connectivity index (χ2v) is 7.03. The molecule has 0 amide bonds. The van der Waals surface area contributed by atoms with Crippen molar-refractivity contribution in [1.29, 1.82) is 0 Å². The Balaban J connectivity index is 1.83. The number of hydrogen-bond acceptors (Lipinski definition) is 4. The molecule has 0 N–H and O–H groups in total. The number of rotatable bonds is 4. The zero-order chi connectivity index (χ0) is 14.7. The van der Waals surface area contributed by atoms with Gasteiger partial charge in [-0.25, -0.2) is 4.98 Å². The first-order valence-electron chi connectivity index (χ1n) is 6.57. The fourth-order valence-corrected chi connectivity index (χ4v) is 3.55. The summed E-state index contributed by atoms with van der Waals surface area (Å²) >= 11 is 9.35. The minimum Gasteiger partial charge on any atom is -0.436 e. The van der Waals surface area contributed by atoms with E-state index in [1.54, 1.807) is 23.5 Å². The molecule has 0 aliphatic heterocycles. The van der Waals surface area contributed by atoms with E-state index in [4.69, 9.17) is 16.0 Å². The molecule has 108 valence electrons. The molecule has 5 heteroatoms. The lowest BCUT2D eigenvalue weighted by atomic mass is 10.2. The summed E-state index contributed by atoms with van der Waals surface area (Å²) in [4.78, 5) is 6.85. The third-order valence-corrected chi connectivity index (χ3v) is 5.32. The summed E-state index contributed by atoms with van der Waals surface area (Å²) in [5.74, 6) is 0. The molecule has 3 rings (SSSR count). The zero-order valence-electron chi connectivity index (χ0n) is 11.5. The number of nitrogens with zero attached hydrogens (tertiary/aromatic N) is 1. The molecule has 21 heavy (non-hydrogen) atoms. The Bertz CT molecular complexity index is 689. The topological polar surface area (TPSA) is 26.0 Å². The second kappa shape index (κ2) is 6.77. The van der Waals surface area contributed by atoms with Crippen molar-refractivity contribution >= 4 is 35.1 Å². The highest BCUT2D eigenvalue weighted by Crippen LogP contribution is 2.39. The predicted molar refractivity (Wildman–Crippen MR) is 90.8 cm³/mol. The van der Waals surface area contributed by atoms with Crippen molar-refractivity contribution in [2.24, 2.45) is 0 Å². The monoisotopic (exact) mass is 335 g/mol. The van der Waals surface area contributed by atoms with Crippen molar-refractivity contribution in [2.45, 2.75) is 22.8 Å². The molecular weight excluding hydrogens is 322 g/mol.